The molecule has 0 aliphatic carbocycles. The summed E-state index contributed by atoms with van der Waals surface area (Å²) in [4.78, 5) is 0. The predicted octanol–water partition coefficient (Wildman–Crippen LogP) is 3.39. The lowest BCUT2D eigenvalue weighted by atomic mass is 10.1. The lowest BCUT2D eigenvalue weighted by Crippen LogP contribution is -2.22. The highest BCUT2D eigenvalue weighted by Gasteiger charge is 2.01. The van der Waals surface area contributed by atoms with E-state index >= 15 is 0 Å². The van der Waals surface area contributed by atoms with Gasteiger partial charge in [-0.25, -0.2) is 0 Å². The van der Waals surface area contributed by atoms with Gasteiger partial charge in [0.2, 0.25) is 0 Å². The van der Waals surface area contributed by atoms with Crippen LogP contribution < -0.4 is 14.8 Å². The van der Waals surface area contributed by atoms with Crippen LogP contribution in [0.5, 0.6) is 17.2 Å². The van der Waals surface area contributed by atoms with Gasteiger partial charge in [-0.05, 0) is 55.6 Å². The predicted molar refractivity (Wildman–Crippen MR) is 92.4 cm³/mol. The molecule has 0 atom stereocenters. The number of nitrogens with one attached hydrogen (secondary N) is 1. The van der Waals surface area contributed by atoms with Crippen LogP contribution in [0, 0.1) is 0 Å². The third-order valence-corrected chi connectivity index (χ3v) is 3.61. The molecule has 0 saturated carbocycles. The minimum absolute atomic E-state index is 0.325. The lowest BCUT2D eigenvalue weighted by molar-refractivity contribution is 0.292. The summed E-state index contributed by atoms with van der Waals surface area (Å²) in [6, 6.07) is 15.1. The van der Waals surface area contributed by atoms with Crippen molar-refractivity contribution in [2.24, 2.45) is 0 Å². The first-order valence-electron chi connectivity index (χ1n) is 8.04. The smallest absolute Gasteiger partial charge is 0.161 e. The first kappa shape index (κ1) is 17.2. The Labute approximate surface area is 138 Å². The van der Waals surface area contributed by atoms with Crippen LogP contribution in [0.15, 0.2) is 48.5 Å². The quantitative estimate of drug-likeness (QED) is 0.660. The number of unbranched alkanes of at least 4 members (excludes halogenated alkanes) is 1. The van der Waals surface area contributed by atoms with E-state index in [1.807, 2.05) is 36.4 Å². The Kier molecular flexibility index (Phi) is 7.27. The minimum Gasteiger partial charge on any atom is -0.508 e. The second-order valence-corrected chi connectivity index (χ2v) is 5.37. The summed E-state index contributed by atoms with van der Waals surface area (Å²) in [6.45, 7) is 2.42. The third kappa shape index (κ3) is 6.20. The molecule has 0 unspecified atom stereocenters. The molecular formula is C19H25NO3. The number of phenolic OH excluding ortho intramolecular Hbond substituents is 1. The van der Waals surface area contributed by atoms with Gasteiger partial charge in [-0.1, -0.05) is 24.3 Å². The fraction of sp³-hybridized carbons (Fsp3) is 0.368. The number of methoxy groups -OCH3 is 1. The van der Waals surface area contributed by atoms with E-state index in [0.717, 1.165) is 43.9 Å². The van der Waals surface area contributed by atoms with E-state index in [4.69, 9.17) is 9.47 Å². The molecule has 0 aliphatic rings. The zero-order valence-electron chi connectivity index (χ0n) is 13.6. The number of hydrogen-bond donors (Lipinski definition) is 2. The van der Waals surface area contributed by atoms with Crippen LogP contribution in [-0.4, -0.2) is 31.9 Å². The highest BCUT2D eigenvalue weighted by molar-refractivity contribution is 5.39. The fourth-order valence-corrected chi connectivity index (χ4v) is 2.34. The highest BCUT2D eigenvalue weighted by atomic mass is 16.5. The first-order chi connectivity index (χ1) is 11.3. The maximum Gasteiger partial charge on any atom is 0.161 e. The number of phenols is 1. The van der Waals surface area contributed by atoms with Crippen LogP contribution in [0.25, 0.3) is 0 Å². The maximum atomic E-state index is 9.23. The van der Waals surface area contributed by atoms with E-state index in [0.29, 0.717) is 12.4 Å². The Bertz CT molecular complexity index is 569. The number of hydrogen-bond acceptors (Lipinski definition) is 4. The van der Waals surface area contributed by atoms with Crippen molar-refractivity contribution in [2.75, 3.05) is 26.8 Å². The molecule has 0 saturated heterocycles. The van der Waals surface area contributed by atoms with Crippen molar-refractivity contribution in [3.8, 4) is 17.2 Å². The van der Waals surface area contributed by atoms with Gasteiger partial charge in [0.1, 0.15) is 12.4 Å². The van der Waals surface area contributed by atoms with Gasteiger partial charge in [-0.15, -0.1) is 0 Å². The Balaban J connectivity index is 1.52. The van der Waals surface area contributed by atoms with Gasteiger partial charge in [0.15, 0.2) is 11.5 Å². The van der Waals surface area contributed by atoms with Crippen molar-refractivity contribution in [2.45, 2.75) is 19.3 Å². The monoisotopic (exact) mass is 315 g/mol. The van der Waals surface area contributed by atoms with E-state index in [1.54, 1.807) is 19.2 Å². The lowest BCUT2D eigenvalue weighted by Gasteiger charge is -2.10. The van der Waals surface area contributed by atoms with Crippen molar-refractivity contribution < 1.29 is 14.6 Å². The van der Waals surface area contributed by atoms with Crippen LogP contribution in [-0.2, 0) is 6.42 Å². The van der Waals surface area contributed by atoms with E-state index in [1.165, 1.54) is 5.56 Å². The van der Waals surface area contributed by atoms with Crippen LogP contribution in [0.3, 0.4) is 0 Å². The molecule has 2 rings (SSSR count). The number of ether oxygens (including phenoxy) is 2. The largest absolute Gasteiger partial charge is 0.508 e. The highest BCUT2D eigenvalue weighted by Crippen LogP contribution is 2.25. The molecule has 2 aromatic rings. The number of aromatic hydroxyl groups is 1. The summed E-state index contributed by atoms with van der Waals surface area (Å²) >= 11 is 0. The van der Waals surface area contributed by atoms with Gasteiger partial charge in [-0.3, -0.25) is 0 Å². The van der Waals surface area contributed by atoms with Gasteiger partial charge in [-0.2, -0.15) is 0 Å². The Hall–Kier alpha value is -2.20. The molecule has 4 heteroatoms. The van der Waals surface area contributed by atoms with Crippen molar-refractivity contribution in [3.05, 3.63) is 54.1 Å². The Morgan fingerprint density at radius 2 is 1.65 bits per heavy atom. The molecule has 0 aliphatic heterocycles. The van der Waals surface area contributed by atoms with E-state index < -0.39 is 0 Å². The summed E-state index contributed by atoms with van der Waals surface area (Å²) in [5.41, 5.74) is 1.27. The molecular weight excluding hydrogens is 290 g/mol. The van der Waals surface area contributed by atoms with Crippen LogP contribution >= 0.6 is 0 Å². The summed E-state index contributed by atoms with van der Waals surface area (Å²) in [7, 11) is 1.65. The molecule has 0 amide bonds. The molecule has 2 N–H and O–H groups in total. The van der Waals surface area contributed by atoms with Gasteiger partial charge >= 0.3 is 0 Å². The van der Waals surface area contributed by atoms with Crippen molar-refractivity contribution in [1.82, 2.24) is 5.32 Å². The molecule has 23 heavy (non-hydrogen) atoms. The van der Waals surface area contributed by atoms with Gasteiger partial charge < -0.3 is 19.9 Å². The number of rotatable bonds is 10. The first-order valence-corrected chi connectivity index (χ1v) is 8.04. The SMILES string of the molecule is COc1ccccc1OCCNCCCCc1ccc(O)cc1. The van der Waals surface area contributed by atoms with Crippen molar-refractivity contribution in [3.63, 3.8) is 0 Å². The maximum absolute atomic E-state index is 9.23. The summed E-state index contributed by atoms with van der Waals surface area (Å²) < 4.78 is 10.9. The van der Waals surface area contributed by atoms with Crippen LogP contribution in [0.4, 0.5) is 0 Å². The van der Waals surface area contributed by atoms with Crippen LogP contribution in [0.2, 0.25) is 0 Å². The van der Waals surface area contributed by atoms with Crippen LogP contribution in [0.1, 0.15) is 18.4 Å². The molecule has 4 nitrogen and oxygen atoms in total. The summed E-state index contributed by atoms with van der Waals surface area (Å²) in [5.74, 6) is 1.87. The van der Waals surface area contributed by atoms with E-state index in [-0.39, 0.29) is 0 Å². The molecule has 0 radical (unpaired) electrons. The molecule has 124 valence electrons. The number of aryl methyl sites for hydroxylation is 1. The summed E-state index contributed by atoms with van der Waals surface area (Å²) in [5, 5.41) is 12.6. The molecule has 0 bridgehead atoms. The van der Waals surface area contributed by atoms with Crippen molar-refractivity contribution >= 4 is 0 Å². The number of benzene rings is 2. The Morgan fingerprint density at radius 1 is 0.913 bits per heavy atom. The fourth-order valence-electron chi connectivity index (χ4n) is 2.34. The van der Waals surface area contributed by atoms with E-state index in [9.17, 15) is 5.11 Å². The molecule has 0 heterocycles. The third-order valence-electron chi connectivity index (χ3n) is 3.61. The second-order valence-electron chi connectivity index (χ2n) is 5.37. The summed E-state index contributed by atoms with van der Waals surface area (Å²) in [6.07, 6.45) is 3.29. The second kappa shape index (κ2) is 9.74. The van der Waals surface area contributed by atoms with Gasteiger partial charge in [0.05, 0.1) is 7.11 Å². The molecule has 0 fully saturated rings. The normalized spacial score (nSPS) is 10.5. The average molecular weight is 315 g/mol. The minimum atomic E-state index is 0.325. The average Bonchev–Trinajstić information content (AvgIpc) is 2.59. The molecule has 0 spiro atoms. The number of para-hydroxylation sites is 2. The topological polar surface area (TPSA) is 50.7 Å². The standard InChI is InChI=1S/C19H25NO3/c1-22-18-7-2-3-8-19(18)23-15-14-20-13-5-4-6-16-9-11-17(21)12-10-16/h2-3,7-12,20-21H,4-6,13-15H2,1H3. The zero-order chi connectivity index (χ0) is 16.3. The zero-order valence-corrected chi connectivity index (χ0v) is 13.6. The van der Waals surface area contributed by atoms with Crippen molar-refractivity contribution in [1.29, 1.82) is 0 Å². The van der Waals surface area contributed by atoms with E-state index in [2.05, 4.69) is 5.32 Å². The van der Waals surface area contributed by atoms with Gasteiger partial charge in [0, 0.05) is 6.54 Å². The molecule has 2 aromatic carbocycles. The Morgan fingerprint density at radius 3 is 2.39 bits per heavy atom. The molecule has 0 aromatic heterocycles. The van der Waals surface area contributed by atoms with Gasteiger partial charge in [0.25, 0.3) is 0 Å².